The number of hydrazone groups is 1. The smallest absolute Gasteiger partial charge is 0.261 e. The average Bonchev–Trinajstić information content (AvgIpc) is 2.51. The van der Waals surface area contributed by atoms with E-state index in [9.17, 15) is 14.0 Å². The van der Waals surface area contributed by atoms with E-state index >= 15 is 0 Å². The van der Waals surface area contributed by atoms with Crippen LogP contribution in [-0.4, -0.2) is 30.0 Å². The van der Waals surface area contributed by atoms with Gasteiger partial charge in [-0.1, -0.05) is 0 Å². The molecule has 22 heavy (non-hydrogen) atoms. The number of halogens is 1. The molecule has 0 radical (unpaired) electrons. The van der Waals surface area contributed by atoms with Crippen molar-refractivity contribution in [1.82, 2.24) is 4.90 Å². The number of carbonyl (C=O) groups is 2. The van der Waals surface area contributed by atoms with Crippen molar-refractivity contribution in [3.05, 3.63) is 41.2 Å². The summed E-state index contributed by atoms with van der Waals surface area (Å²) in [6, 6.07) is 7.39. The van der Waals surface area contributed by atoms with Gasteiger partial charge in [-0.2, -0.15) is 10.4 Å². The number of anilines is 1. The molecule has 1 unspecified atom stereocenters. The topological polar surface area (TPSA) is 85.6 Å². The molecule has 1 aromatic rings. The van der Waals surface area contributed by atoms with Crippen molar-refractivity contribution in [2.45, 2.75) is 6.92 Å². The maximum Gasteiger partial charge on any atom is 0.261 e. The summed E-state index contributed by atoms with van der Waals surface area (Å²) < 4.78 is 12.8. The van der Waals surface area contributed by atoms with E-state index in [1.165, 1.54) is 37.5 Å². The van der Waals surface area contributed by atoms with Crippen LogP contribution in [0.15, 0.2) is 40.5 Å². The number of rotatable bonds is 3. The van der Waals surface area contributed by atoms with E-state index in [0.717, 1.165) is 4.90 Å². The second kappa shape index (κ2) is 6.18. The van der Waals surface area contributed by atoms with Gasteiger partial charge < -0.3 is 0 Å². The van der Waals surface area contributed by atoms with Crippen molar-refractivity contribution in [1.29, 1.82) is 5.26 Å². The first-order valence-corrected chi connectivity index (χ1v) is 6.42. The fourth-order valence-corrected chi connectivity index (χ4v) is 1.99. The van der Waals surface area contributed by atoms with Crippen LogP contribution >= 0.6 is 0 Å². The highest BCUT2D eigenvalue weighted by Crippen LogP contribution is 2.23. The van der Waals surface area contributed by atoms with Gasteiger partial charge in [-0.05, 0) is 36.8 Å². The molecule has 0 aromatic heterocycles. The van der Waals surface area contributed by atoms with Crippen LogP contribution in [0.2, 0.25) is 0 Å². The van der Waals surface area contributed by atoms with Crippen molar-refractivity contribution in [3.8, 4) is 6.07 Å². The standard InChI is InChI=1S/C15H13FN4O2/c1-9-12(7-17)14(21)20(2)15(22)13(9)8-18-19-11-5-3-10(16)4-6-11/h3-6,8,12,19H,1-2H3. The first-order chi connectivity index (χ1) is 10.5. The van der Waals surface area contributed by atoms with Gasteiger partial charge in [-0.3, -0.25) is 19.9 Å². The summed E-state index contributed by atoms with van der Waals surface area (Å²) in [6.07, 6.45) is 1.26. The van der Waals surface area contributed by atoms with Crippen LogP contribution in [0.4, 0.5) is 10.1 Å². The van der Waals surface area contributed by atoms with Crippen molar-refractivity contribution in [2.24, 2.45) is 11.0 Å². The number of benzene rings is 1. The summed E-state index contributed by atoms with van der Waals surface area (Å²) in [4.78, 5) is 24.8. The Kier molecular flexibility index (Phi) is 4.32. The maximum atomic E-state index is 12.8. The van der Waals surface area contributed by atoms with Gasteiger partial charge >= 0.3 is 0 Å². The van der Waals surface area contributed by atoms with Gasteiger partial charge in [-0.25, -0.2) is 4.39 Å². The van der Waals surface area contributed by atoms with E-state index in [-0.39, 0.29) is 11.4 Å². The third kappa shape index (κ3) is 2.86. The third-order valence-electron chi connectivity index (χ3n) is 3.33. The maximum absolute atomic E-state index is 12.8. The van der Waals surface area contributed by atoms with Crippen molar-refractivity contribution >= 4 is 23.7 Å². The lowest BCUT2D eigenvalue weighted by Gasteiger charge is -2.25. The van der Waals surface area contributed by atoms with Crippen LogP contribution in [0, 0.1) is 23.1 Å². The molecule has 7 heteroatoms. The molecule has 1 atom stereocenters. The molecular formula is C15H13FN4O2. The lowest BCUT2D eigenvalue weighted by Crippen LogP contribution is -2.43. The minimum absolute atomic E-state index is 0.184. The summed E-state index contributed by atoms with van der Waals surface area (Å²) >= 11 is 0. The van der Waals surface area contributed by atoms with Crippen LogP contribution in [-0.2, 0) is 9.59 Å². The summed E-state index contributed by atoms with van der Waals surface area (Å²) in [5.41, 5.74) is 3.74. The van der Waals surface area contributed by atoms with E-state index in [1.807, 2.05) is 6.07 Å². The Labute approximate surface area is 126 Å². The van der Waals surface area contributed by atoms with E-state index in [2.05, 4.69) is 10.5 Å². The number of nitriles is 1. The van der Waals surface area contributed by atoms with Crippen LogP contribution in [0.5, 0.6) is 0 Å². The second-order valence-electron chi connectivity index (χ2n) is 4.74. The molecular weight excluding hydrogens is 287 g/mol. The minimum Gasteiger partial charge on any atom is -0.280 e. The van der Waals surface area contributed by atoms with E-state index < -0.39 is 17.7 Å². The van der Waals surface area contributed by atoms with Gasteiger partial charge in [0.1, 0.15) is 11.7 Å². The minimum atomic E-state index is -0.991. The molecule has 1 aliphatic rings. The van der Waals surface area contributed by atoms with Gasteiger partial charge in [0, 0.05) is 7.05 Å². The lowest BCUT2D eigenvalue weighted by molar-refractivity contribution is -0.142. The predicted octanol–water partition coefficient (Wildman–Crippen LogP) is 1.68. The largest absolute Gasteiger partial charge is 0.280 e. The number of nitrogens with one attached hydrogen (secondary N) is 1. The summed E-state index contributed by atoms with van der Waals surface area (Å²) in [7, 11) is 1.32. The zero-order valence-electron chi connectivity index (χ0n) is 12.0. The molecule has 0 spiro atoms. The molecule has 1 aromatic carbocycles. The molecule has 1 aliphatic heterocycles. The highest BCUT2D eigenvalue weighted by molar-refractivity contribution is 6.20. The Morgan fingerprint density at radius 3 is 2.59 bits per heavy atom. The van der Waals surface area contributed by atoms with Gasteiger partial charge in [-0.15, -0.1) is 0 Å². The molecule has 6 nitrogen and oxygen atoms in total. The SMILES string of the molecule is CC1=C(C=NNc2ccc(F)cc2)C(=O)N(C)C(=O)C1C#N. The van der Waals surface area contributed by atoms with Crippen LogP contribution < -0.4 is 5.43 Å². The first kappa shape index (κ1) is 15.4. The predicted molar refractivity (Wildman–Crippen MR) is 78.1 cm³/mol. The molecule has 1 heterocycles. The molecule has 0 fully saturated rings. The zero-order chi connectivity index (χ0) is 16.3. The van der Waals surface area contributed by atoms with Crippen molar-refractivity contribution in [2.75, 3.05) is 12.5 Å². The Hall–Kier alpha value is -3.01. The molecule has 0 aliphatic carbocycles. The third-order valence-corrected chi connectivity index (χ3v) is 3.33. The normalized spacial score (nSPS) is 18.8. The molecule has 1 N–H and O–H groups in total. The van der Waals surface area contributed by atoms with E-state index in [4.69, 9.17) is 5.26 Å². The first-order valence-electron chi connectivity index (χ1n) is 6.42. The Morgan fingerprint density at radius 2 is 2.00 bits per heavy atom. The molecule has 0 saturated carbocycles. The van der Waals surface area contributed by atoms with Crippen LogP contribution in [0.3, 0.4) is 0 Å². The Balaban J connectivity index is 2.22. The number of hydrogen-bond acceptors (Lipinski definition) is 5. The van der Waals surface area contributed by atoms with Gasteiger partial charge in [0.25, 0.3) is 11.8 Å². The number of imide groups is 1. The molecule has 0 saturated heterocycles. The number of nitrogens with zero attached hydrogens (tertiary/aromatic N) is 3. The molecule has 112 valence electrons. The molecule has 2 rings (SSSR count). The number of likely N-dealkylation sites (N-methyl/N-ethyl adjacent to an activating group) is 1. The Morgan fingerprint density at radius 1 is 1.36 bits per heavy atom. The fraction of sp³-hybridized carbons (Fsp3) is 0.200. The van der Waals surface area contributed by atoms with Crippen molar-refractivity contribution in [3.63, 3.8) is 0 Å². The average molecular weight is 300 g/mol. The highest BCUT2D eigenvalue weighted by atomic mass is 19.1. The fourth-order valence-electron chi connectivity index (χ4n) is 1.99. The summed E-state index contributed by atoms with van der Waals surface area (Å²) in [5.74, 6) is -2.42. The second-order valence-corrected chi connectivity index (χ2v) is 4.74. The Bertz CT molecular complexity index is 716. The molecule has 0 bridgehead atoms. The van der Waals surface area contributed by atoms with Gasteiger partial charge in [0.15, 0.2) is 0 Å². The molecule has 2 amide bonds. The summed E-state index contributed by atoms with van der Waals surface area (Å²) in [6.45, 7) is 1.55. The number of hydrogen-bond donors (Lipinski definition) is 1. The van der Waals surface area contributed by atoms with Gasteiger partial charge in [0.05, 0.1) is 23.5 Å². The summed E-state index contributed by atoms with van der Waals surface area (Å²) in [5, 5.41) is 12.9. The monoisotopic (exact) mass is 300 g/mol. The van der Waals surface area contributed by atoms with Crippen molar-refractivity contribution < 1.29 is 14.0 Å². The van der Waals surface area contributed by atoms with E-state index in [0.29, 0.717) is 11.3 Å². The van der Waals surface area contributed by atoms with Crippen LogP contribution in [0.25, 0.3) is 0 Å². The zero-order valence-corrected chi connectivity index (χ0v) is 12.0. The quantitative estimate of drug-likeness (QED) is 0.523. The number of carbonyl (C=O) groups excluding carboxylic acids is 2. The highest BCUT2D eigenvalue weighted by Gasteiger charge is 2.36. The van der Waals surface area contributed by atoms with E-state index in [1.54, 1.807) is 6.92 Å². The van der Waals surface area contributed by atoms with Gasteiger partial charge in [0.2, 0.25) is 0 Å². The van der Waals surface area contributed by atoms with Crippen LogP contribution in [0.1, 0.15) is 6.92 Å². The lowest BCUT2D eigenvalue weighted by atomic mass is 9.91. The number of amides is 2.